The van der Waals surface area contributed by atoms with Crippen LogP contribution in [0.5, 0.6) is 0 Å². The number of aryl methyl sites for hydroxylation is 2. The molecular weight excluding hydrogens is 324 g/mol. The van der Waals surface area contributed by atoms with Crippen LogP contribution in [0.3, 0.4) is 0 Å². The minimum atomic E-state index is 0.0330. The molecule has 2 N–H and O–H groups in total. The topological polar surface area (TPSA) is 58.2 Å². The van der Waals surface area contributed by atoms with Crippen LogP contribution in [0, 0.1) is 13.8 Å². The molecule has 2 rings (SSSR count). The van der Waals surface area contributed by atoms with Gasteiger partial charge in [0.15, 0.2) is 0 Å². The first kappa shape index (κ1) is 19.7. The summed E-state index contributed by atoms with van der Waals surface area (Å²) < 4.78 is 0. The molecule has 26 heavy (non-hydrogen) atoms. The molecule has 2 aromatic carbocycles. The first-order valence-corrected chi connectivity index (χ1v) is 9.17. The van der Waals surface area contributed by atoms with Gasteiger partial charge < -0.3 is 10.6 Å². The lowest BCUT2D eigenvalue weighted by atomic mass is 10.1. The molecule has 0 heterocycles. The quantitative estimate of drug-likeness (QED) is 0.675. The molecule has 0 atom stereocenters. The van der Waals surface area contributed by atoms with Gasteiger partial charge in [0.1, 0.15) is 0 Å². The minimum Gasteiger partial charge on any atom is -0.352 e. The molecule has 0 aliphatic carbocycles. The largest absolute Gasteiger partial charge is 0.352 e. The normalized spacial score (nSPS) is 10.4. The maximum absolute atomic E-state index is 11.9. The summed E-state index contributed by atoms with van der Waals surface area (Å²) in [5.41, 5.74) is 4.61. The summed E-state index contributed by atoms with van der Waals surface area (Å²) in [6, 6.07) is 16.2. The maximum atomic E-state index is 11.9. The van der Waals surface area contributed by atoms with Crippen LogP contribution >= 0.6 is 0 Å². The van der Waals surface area contributed by atoms with E-state index in [1.807, 2.05) is 62.4 Å². The second kappa shape index (κ2) is 10.4. The van der Waals surface area contributed by atoms with Crippen molar-refractivity contribution in [1.29, 1.82) is 0 Å². The predicted octanol–water partition coefficient (Wildman–Crippen LogP) is 3.80. The Morgan fingerprint density at radius 3 is 1.35 bits per heavy atom. The summed E-state index contributed by atoms with van der Waals surface area (Å²) >= 11 is 0. The molecule has 0 radical (unpaired) electrons. The Morgan fingerprint density at radius 1 is 0.654 bits per heavy atom. The van der Waals surface area contributed by atoms with Crippen molar-refractivity contribution in [2.45, 2.75) is 52.6 Å². The Labute approximate surface area is 156 Å². The molecule has 2 aromatic rings. The number of unbranched alkanes of at least 4 members (excludes halogenated alkanes) is 1. The molecule has 0 spiro atoms. The third-order valence-electron chi connectivity index (χ3n) is 4.28. The second-order valence-corrected chi connectivity index (χ2v) is 6.73. The van der Waals surface area contributed by atoms with Crippen molar-refractivity contribution in [2.75, 3.05) is 0 Å². The van der Waals surface area contributed by atoms with E-state index < -0.39 is 0 Å². The molecule has 0 bridgehead atoms. The van der Waals surface area contributed by atoms with E-state index in [0.717, 1.165) is 24.0 Å². The zero-order valence-electron chi connectivity index (χ0n) is 15.7. The van der Waals surface area contributed by atoms with Crippen molar-refractivity contribution in [2.24, 2.45) is 0 Å². The molecule has 0 fully saturated rings. The van der Waals surface area contributed by atoms with Crippen LogP contribution in [0.25, 0.3) is 0 Å². The van der Waals surface area contributed by atoms with E-state index in [4.69, 9.17) is 0 Å². The first-order chi connectivity index (χ1) is 12.5. The first-order valence-electron chi connectivity index (χ1n) is 9.17. The van der Waals surface area contributed by atoms with E-state index in [1.165, 1.54) is 11.1 Å². The fourth-order valence-electron chi connectivity index (χ4n) is 2.56. The highest BCUT2D eigenvalue weighted by Gasteiger charge is 2.04. The van der Waals surface area contributed by atoms with Gasteiger partial charge in [-0.05, 0) is 37.8 Å². The zero-order chi connectivity index (χ0) is 18.8. The van der Waals surface area contributed by atoms with Crippen molar-refractivity contribution in [3.8, 4) is 0 Å². The molecule has 0 aromatic heterocycles. The molecule has 4 heteroatoms. The number of hydrogen-bond donors (Lipinski definition) is 2. The SMILES string of the molecule is Cc1ccc(CNC(=O)CCCCC(=O)NCc2ccc(C)cc2)cc1. The van der Waals surface area contributed by atoms with Crippen molar-refractivity contribution >= 4 is 11.8 Å². The monoisotopic (exact) mass is 352 g/mol. The van der Waals surface area contributed by atoms with Gasteiger partial charge in [0, 0.05) is 25.9 Å². The lowest BCUT2D eigenvalue weighted by Crippen LogP contribution is -2.23. The third kappa shape index (κ3) is 7.51. The minimum absolute atomic E-state index is 0.0330. The van der Waals surface area contributed by atoms with E-state index in [2.05, 4.69) is 10.6 Å². The average molecular weight is 352 g/mol. The van der Waals surface area contributed by atoms with Crippen LogP contribution in [-0.2, 0) is 22.7 Å². The molecule has 0 aliphatic heterocycles. The lowest BCUT2D eigenvalue weighted by molar-refractivity contribution is -0.123. The van der Waals surface area contributed by atoms with Gasteiger partial charge in [0.2, 0.25) is 11.8 Å². The van der Waals surface area contributed by atoms with E-state index in [9.17, 15) is 9.59 Å². The summed E-state index contributed by atoms with van der Waals surface area (Å²) in [5, 5.41) is 5.84. The number of carbonyl (C=O) groups is 2. The van der Waals surface area contributed by atoms with Gasteiger partial charge in [-0.15, -0.1) is 0 Å². The maximum Gasteiger partial charge on any atom is 0.220 e. The number of nitrogens with one attached hydrogen (secondary N) is 2. The van der Waals surface area contributed by atoms with Crippen LogP contribution in [0.15, 0.2) is 48.5 Å². The molecule has 138 valence electrons. The van der Waals surface area contributed by atoms with Crippen molar-refractivity contribution in [3.63, 3.8) is 0 Å². The number of hydrogen-bond acceptors (Lipinski definition) is 2. The highest BCUT2D eigenvalue weighted by atomic mass is 16.2. The fraction of sp³-hybridized carbons (Fsp3) is 0.364. The van der Waals surface area contributed by atoms with E-state index >= 15 is 0 Å². The van der Waals surface area contributed by atoms with Gasteiger partial charge in [-0.2, -0.15) is 0 Å². The Kier molecular flexibility index (Phi) is 7.87. The highest BCUT2D eigenvalue weighted by molar-refractivity contribution is 5.77. The molecule has 0 saturated heterocycles. The van der Waals surface area contributed by atoms with Gasteiger partial charge in [0.05, 0.1) is 0 Å². The van der Waals surface area contributed by atoms with Gasteiger partial charge >= 0.3 is 0 Å². The Balaban J connectivity index is 1.54. The number of rotatable bonds is 9. The number of amides is 2. The summed E-state index contributed by atoms with van der Waals surface area (Å²) in [6.45, 7) is 5.19. The van der Waals surface area contributed by atoms with Crippen LogP contribution in [0.2, 0.25) is 0 Å². The van der Waals surface area contributed by atoms with Gasteiger partial charge in [-0.3, -0.25) is 9.59 Å². The Bertz CT molecular complexity index is 642. The van der Waals surface area contributed by atoms with Crippen LogP contribution in [-0.4, -0.2) is 11.8 Å². The van der Waals surface area contributed by atoms with Crippen molar-refractivity contribution in [1.82, 2.24) is 10.6 Å². The van der Waals surface area contributed by atoms with Crippen LogP contribution in [0.4, 0.5) is 0 Å². The molecule has 2 amide bonds. The Morgan fingerprint density at radius 2 is 1.00 bits per heavy atom. The third-order valence-corrected chi connectivity index (χ3v) is 4.28. The molecule has 0 aliphatic rings. The lowest BCUT2D eigenvalue weighted by Gasteiger charge is -2.07. The highest BCUT2D eigenvalue weighted by Crippen LogP contribution is 2.05. The van der Waals surface area contributed by atoms with Gasteiger partial charge in [-0.25, -0.2) is 0 Å². The number of carbonyl (C=O) groups excluding carboxylic acids is 2. The summed E-state index contributed by atoms with van der Waals surface area (Å²) in [6.07, 6.45) is 2.35. The molecule has 0 unspecified atom stereocenters. The standard InChI is InChI=1S/C22H28N2O2/c1-17-7-11-19(12-8-17)15-23-21(25)5-3-4-6-22(26)24-16-20-13-9-18(2)10-14-20/h7-14H,3-6,15-16H2,1-2H3,(H,23,25)(H,24,26). The summed E-state index contributed by atoms with van der Waals surface area (Å²) in [7, 11) is 0. The Hall–Kier alpha value is -2.62. The molecule has 4 nitrogen and oxygen atoms in total. The van der Waals surface area contributed by atoms with Gasteiger partial charge in [-0.1, -0.05) is 59.7 Å². The summed E-state index contributed by atoms with van der Waals surface area (Å²) in [4.78, 5) is 23.7. The summed E-state index contributed by atoms with van der Waals surface area (Å²) in [5.74, 6) is 0.0660. The van der Waals surface area contributed by atoms with E-state index in [0.29, 0.717) is 25.9 Å². The van der Waals surface area contributed by atoms with Crippen LogP contribution in [0.1, 0.15) is 47.9 Å². The number of benzene rings is 2. The average Bonchev–Trinajstić information content (AvgIpc) is 2.64. The van der Waals surface area contributed by atoms with Gasteiger partial charge in [0.25, 0.3) is 0 Å². The second-order valence-electron chi connectivity index (χ2n) is 6.73. The van der Waals surface area contributed by atoms with Crippen molar-refractivity contribution < 1.29 is 9.59 Å². The predicted molar refractivity (Wildman–Crippen MR) is 105 cm³/mol. The van der Waals surface area contributed by atoms with Crippen LogP contribution < -0.4 is 10.6 Å². The molecular formula is C22H28N2O2. The zero-order valence-corrected chi connectivity index (χ0v) is 15.7. The fourth-order valence-corrected chi connectivity index (χ4v) is 2.56. The molecule has 0 saturated carbocycles. The van der Waals surface area contributed by atoms with E-state index in [-0.39, 0.29) is 11.8 Å². The van der Waals surface area contributed by atoms with E-state index in [1.54, 1.807) is 0 Å². The van der Waals surface area contributed by atoms with Crippen molar-refractivity contribution in [3.05, 3.63) is 70.8 Å². The smallest absolute Gasteiger partial charge is 0.220 e.